The highest BCUT2D eigenvalue weighted by molar-refractivity contribution is 5.62. The van der Waals surface area contributed by atoms with Crippen molar-refractivity contribution in [3.05, 3.63) is 0 Å². The van der Waals surface area contributed by atoms with E-state index in [1.165, 1.54) is 32.1 Å². The zero-order chi connectivity index (χ0) is 11.4. The van der Waals surface area contributed by atoms with Gasteiger partial charge in [0.1, 0.15) is 6.61 Å². The molecule has 0 aromatic heterocycles. The lowest BCUT2D eigenvalue weighted by molar-refractivity contribution is -0.0176. The highest BCUT2D eigenvalue weighted by atomic mass is 16.8. The van der Waals surface area contributed by atoms with Gasteiger partial charge in [-0.05, 0) is 25.7 Å². The minimum Gasteiger partial charge on any atom is -0.430 e. The zero-order valence-electron chi connectivity index (χ0n) is 10.2. The zero-order valence-corrected chi connectivity index (χ0v) is 10.2. The van der Waals surface area contributed by atoms with Crippen LogP contribution in [0.5, 0.6) is 0 Å². The molecule has 2 fully saturated rings. The molecule has 0 amide bonds. The molecule has 2 aliphatic rings. The molecular formula is C13H22O3. The van der Waals surface area contributed by atoms with E-state index in [1.54, 1.807) is 0 Å². The summed E-state index contributed by atoms with van der Waals surface area (Å²) in [6, 6.07) is 0. The molecule has 0 aromatic rings. The molecule has 1 saturated heterocycles. The second kappa shape index (κ2) is 5.07. The number of carbonyl (C=O) groups is 1. The molecule has 92 valence electrons. The Morgan fingerprint density at radius 3 is 2.62 bits per heavy atom. The number of ether oxygens (including phenoxy) is 2. The van der Waals surface area contributed by atoms with E-state index in [4.69, 9.17) is 9.47 Å². The summed E-state index contributed by atoms with van der Waals surface area (Å²) in [5.41, 5.74) is -0.284. The van der Waals surface area contributed by atoms with Crippen molar-refractivity contribution in [2.75, 3.05) is 6.61 Å². The van der Waals surface area contributed by atoms with Gasteiger partial charge in [0.05, 0.1) is 0 Å². The Morgan fingerprint density at radius 2 is 2.06 bits per heavy atom. The molecule has 1 aliphatic heterocycles. The second-order valence-electron chi connectivity index (χ2n) is 5.14. The summed E-state index contributed by atoms with van der Waals surface area (Å²) >= 11 is 0. The first-order valence-electron chi connectivity index (χ1n) is 6.62. The van der Waals surface area contributed by atoms with Crippen molar-refractivity contribution in [3.8, 4) is 0 Å². The number of cyclic esters (lactones) is 2. The van der Waals surface area contributed by atoms with Gasteiger partial charge in [-0.2, -0.15) is 0 Å². The Balaban J connectivity index is 2.03. The van der Waals surface area contributed by atoms with Crippen molar-refractivity contribution < 1.29 is 14.3 Å². The predicted molar refractivity (Wildman–Crippen MR) is 61.3 cm³/mol. The molecule has 0 spiro atoms. The van der Waals surface area contributed by atoms with Crippen LogP contribution in [0.15, 0.2) is 0 Å². The van der Waals surface area contributed by atoms with Crippen molar-refractivity contribution in [1.29, 1.82) is 0 Å². The quantitative estimate of drug-likeness (QED) is 0.686. The molecule has 3 heteroatoms. The molecule has 0 N–H and O–H groups in total. The molecule has 1 unspecified atom stereocenters. The Kier molecular flexibility index (Phi) is 3.72. The summed E-state index contributed by atoms with van der Waals surface area (Å²) in [5.74, 6) is 0.527. The third-order valence-electron chi connectivity index (χ3n) is 4.02. The maximum Gasteiger partial charge on any atom is 0.509 e. The summed E-state index contributed by atoms with van der Waals surface area (Å²) in [5, 5.41) is 0. The predicted octanol–water partition coefficient (Wildman–Crippen LogP) is 3.66. The number of rotatable bonds is 4. The van der Waals surface area contributed by atoms with Gasteiger partial charge >= 0.3 is 6.16 Å². The van der Waals surface area contributed by atoms with E-state index in [0.29, 0.717) is 12.5 Å². The van der Waals surface area contributed by atoms with Crippen LogP contribution in [-0.4, -0.2) is 18.4 Å². The van der Waals surface area contributed by atoms with Crippen LogP contribution >= 0.6 is 0 Å². The van der Waals surface area contributed by atoms with Gasteiger partial charge in [0, 0.05) is 5.92 Å². The van der Waals surface area contributed by atoms with Crippen LogP contribution in [0.4, 0.5) is 4.79 Å². The Labute approximate surface area is 97.5 Å². The van der Waals surface area contributed by atoms with E-state index >= 15 is 0 Å². The Bertz CT molecular complexity index is 246. The van der Waals surface area contributed by atoms with E-state index < -0.39 is 6.16 Å². The molecular weight excluding hydrogens is 204 g/mol. The normalized spacial score (nSPS) is 31.2. The fourth-order valence-electron chi connectivity index (χ4n) is 3.04. The minimum atomic E-state index is -0.457. The molecule has 0 aromatic carbocycles. The van der Waals surface area contributed by atoms with Crippen molar-refractivity contribution in [2.45, 2.75) is 63.9 Å². The minimum absolute atomic E-state index is 0.284. The van der Waals surface area contributed by atoms with Crippen LogP contribution < -0.4 is 0 Å². The lowest BCUT2D eigenvalue weighted by atomic mass is 9.75. The SMILES string of the molecule is CCCCC1(C2CCCCC2)COC(=O)O1. The molecule has 0 bridgehead atoms. The summed E-state index contributed by atoms with van der Waals surface area (Å²) in [4.78, 5) is 11.2. The molecule has 1 heterocycles. The van der Waals surface area contributed by atoms with Gasteiger partial charge in [0.15, 0.2) is 5.60 Å². The van der Waals surface area contributed by atoms with E-state index in [2.05, 4.69) is 6.92 Å². The topological polar surface area (TPSA) is 35.5 Å². The number of carbonyl (C=O) groups excluding carboxylic acids is 1. The maximum absolute atomic E-state index is 11.2. The van der Waals surface area contributed by atoms with E-state index in [-0.39, 0.29) is 5.60 Å². The van der Waals surface area contributed by atoms with E-state index in [1.807, 2.05) is 0 Å². The largest absolute Gasteiger partial charge is 0.509 e. The molecule has 3 nitrogen and oxygen atoms in total. The molecule has 1 aliphatic carbocycles. The Morgan fingerprint density at radius 1 is 1.31 bits per heavy atom. The van der Waals surface area contributed by atoms with Crippen LogP contribution in [0.1, 0.15) is 58.3 Å². The fourth-order valence-corrected chi connectivity index (χ4v) is 3.04. The van der Waals surface area contributed by atoms with Gasteiger partial charge in [0.25, 0.3) is 0 Å². The smallest absolute Gasteiger partial charge is 0.430 e. The third-order valence-corrected chi connectivity index (χ3v) is 4.02. The second-order valence-corrected chi connectivity index (χ2v) is 5.14. The standard InChI is InChI=1S/C13H22O3/c1-2-3-9-13(10-15-12(14)16-13)11-7-5-4-6-8-11/h11H,2-10H2,1H3. The molecule has 16 heavy (non-hydrogen) atoms. The monoisotopic (exact) mass is 226 g/mol. The van der Waals surface area contributed by atoms with Crippen molar-refractivity contribution in [3.63, 3.8) is 0 Å². The highest BCUT2D eigenvalue weighted by Gasteiger charge is 2.48. The van der Waals surface area contributed by atoms with Gasteiger partial charge in [-0.15, -0.1) is 0 Å². The van der Waals surface area contributed by atoms with E-state index in [9.17, 15) is 4.79 Å². The van der Waals surface area contributed by atoms with Crippen molar-refractivity contribution in [1.82, 2.24) is 0 Å². The summed E-state index contributed by atoms with van der Waals surface area (Å²) in [6.45, 7) is 2.66. The first-order valence-corrected chi connectivity index (χ1v) is 6.62. The molecule has 1 atom stereocenters. The first-order chi connectivity index (χ1) is 7.77. The summed E-state index contributed by atoms with van der Waals surface area (Å²) < 4.78 is 10.6. The molecule has 2 rings (SSSR count). The highest BCUT2D eigenvalue weighted by Crippen LogP contribution is 2.41. The maximum atomic E-state index is 11.2. The van der Waals surface area contributed by atoms with Gasteiger partial charge in [0.2, 0.25) is 0 Å². The lowest BCUT2D eigenvalue weighted by Gasteiger charge is -2.36. The third kappa shape index (κ3) is 2.33. The Hall–Kier alpha value is -0.730. The van der Waals surface area contributed by atoms with Gasteiger partial charge in [-0.25, -0.2) is 4.79 Å². The van der Waals surface area contributed by atoms with Crippen LogP contribution in [-0.2, 0) is 9.47 Å². The fraction of sp³-hybridized carbons (Fsp3) is 0.923. The molecule has 0 radical (unpaired) electrons. The van der Waals surface area contributed by atoms with Crippen LogP contribution in [0, 0.1) is 5.92 Å². The first kappa shape index (κ1) is 11.7. The number of unbranched alkanes of at least 4 members (excludes halogenated alkanes) is 1. The number of hydrogen-bond acceptors (Lipinski definition) is 3. The van der Waals surface area contributed by atoms with Crippen molar-refractivity contribution in [2.24, 2.45) is 5.92 Å². The van der Waals surface area contributed by atoms with Gasteiger partial charge in [-0.1, -0.05) is 32.6 Å². The van der Waals surface area contributed by atoms with Crippen LogP contribution in [0.3, 0.4) is 0 Å². The van der Waals surface area contributed by atoms with Gasteiger partial charge < -0.3 is 9.47 Å². The van der Waals surface area contributed by atoms with Crippen LogP contribution in [0.2, 0.25) is 0 Å². The van der Waals surface area contributed by atoms with Crippen molar-refractivity contribution >= 4 is 6.16 Å². The molecule has 1 saturated carbocycles. The van der Waals surface area contributed by atoms with E-state index in [0.717, 1.165) is 19.3 Å². The average molecular weight is 226 g/mol. The average Bonchev–Trinajstić information content (AvgIpc) is 2.71. The summed E-state index contributed by atoms with van der Waals surface area (Å²) in [6.07, 6.45) is 9.04. The summed E-state index contributed by atoms with van der Waals surface area (Å²) in [7, 11) is 0. The number of hydrogen-bond donors (Lipinski definition) is 0. The van der Waals surface area contributed by atoms with Gasteiger partial charge in [-0.3, -0.25) is 0 Å². The lowest BCUT2D eigenvalue weighted by Crippen LogP contribution is -2.41. The van der Waals surface area contributed by atoms with Crippen LogP contribution in [0.25, 0.3) is 0 Å².